The molecule has 1 amide bonds. The number of benzene rings is 2. The van der Waals surface area contributed by atoms with E-state index >= 15 is 0 Å². The van der Waals surface area contributed by atoms with Crippen LogP contribution in [-0.4, -0.2) is 15.7 Å². The number of carbonyl (C=O) groups excluding carboxylic acids is 1. The molecule has 1 aliphatic heterocycles. The largest absolute Gasteiger partial charge is 0.372 e. The van der Waals surface area contributed by atoms with Gasteiger partial charge in [-0.3, -0.25) is 4.79 Å². The number of ether oxygens (including phenoxy) is 1. The molecule has 2 heterocycles. The van der Waals surface area contributed by atoms with Crippen molar-refractivity contribution in [2.24, 2.45) is 0 Å². The van der Waals surface area contributed by atoms with Gasteiger partial charge < -0.3 is 10.1 Å². The molecule has 0 saturated carbocycles. The van der Waals surface area contributed by atoms with Gasteiger partial charge in [-0.2, -0.15) is 5.10 Å². The minimum Gasteiger partial charge on any atom is -0.372 e. The number of nitrogens with one attached hydrogen (secondary N) is 1. The number of aromatic nitrogens is 2. The van der Waals surface area contributed by atoms with Crippen molar-refractivity contribution in [1.29, 1.82) is 0 Å². The first-order chi connectivity index (χ1) is 11.7. The van der Waals surface area contributed by atoms with Crippen molar-refractivity contribution < 1.29 is 9.53 Å². The van der Waals surface area contributed by atoms with Crippen LogP contribution in [0, 0.1) is 0 Å². The maximum atomic E-state index is 12.5. The van der Waals surface area contributed by atoms with Gasteiger partial charge in [-0.05, 0) is 57.4 Å². The molecule has 1 aromatic heterocycles. The van der Waals surface area contributed by atoms with Crippen molar-refractivity contribution in [3.8, 4) is 5.69 Å². The third-order valence-electron chi connectivity index (χ3n) is 3.90. The minimum atomic E-state index is -0.151. The van der Waals surface area contributed by atoms with Crippen LogP contribution in [0.25, 0.3) is 5.69 Å². The molecule has 0 atom stereocenters. The number of anilines is 1. The average Bonchev–Trinajstić information content (AvgIpc) is 3.23. The van der Waals surface area contributed by atoms with Crippen LogP contribution in [0.1, 0.15) is 21.5 Å². The third kappa shape index (κ3) is 2.98. The first-order valence-electron chi connectivity index (χ1n) is 7.50. The van der Waals surface area contributed by atoms with Crippen molar-refractivity contribution in [3.05, 3.63) is 76.0 Å². The minimum absolute atomic E-state index is 0.151. The summed E-state index contributed by atoms with van der Waals surface area (Å²) < 4.78 is 8.00. The molecule has 0 spiro atoms. The van der Waals surface area contributed by atoms with Gasteiger partial charge in [0.05, 0.1) is 29.6 Å². The average molecular weight is 384 g/mol. The standard InChI is InChI=1S/C18H14BrN3O2/c19-15-8-20-22(9-15)17-3-1-2-12(7-17)18(23)21-16-5-4-13-10-24-11-14(13)6-16/h1-9H,10-11H2,(H,21,23). The van der Waals surface area contributed by atoms with Gasteiger partial charge in [0, 0.05) is 17.4 Å². The van der Waals surface area contributed by atoms with E-state index in [1.54, 1.807) is 16.9 Å². The summed E-state index contributed by atoms with van der Waals surface area (Å²) >= 11 is 3.37. The highest BCUT2D eigenvalue weighted by atomic mass is 79.9. The van der Waals surface area contributed by atoms with Gasteiger partial charge in [-0.15, -0.1) is 0 Å². The Balaban J connectivity index is 1.56. The van der Waals surface area contributed by atoms with E-state index in [1.165, 1.54) is 5.56 Å². The summed E-state index contributed by atoms with van der Waals surface area (Å²) in [6.45, 7) is 1.24. The van der Waals surface area contributed by atoms with Gasteiger partial charge in [0.15, 0.2) is 0 Å². The Morgan fingerprint density at radius 1 is 1.17 bits per heavy atom. The Morgan fingerprint density at radius 2 is 2.04 bits per heavy atom. The highest BCUT2D eigenvalue weighted by Gasteiger charge is 2.13. The van der Waals surface area contributed by atoms with E-state index in [-0.39, 0.29) is 5.91 Å². The summed E-state index contributed by atoms with van der Waals surface area (Å²) in [4.78, 5) is 12.5. The van der Waals surface area contributed by atoms with Crippen LogP contribution in [0.15, 0.2) is 59.3 Å². The zero-order valence-corrected chi connectivity index (χ0v) is 14.3. The van der Waals surface area contributed by atoms with E-state index < -0.39 is 0 Å². The molecule has 5 nitrogen and oxygen atoms in total. The molecule has 0 fully saturated rings. The molecule has 0 aliphatic carbocycles. The maximum Gasteiger partial charge on any atom is 0.255 e. The van der Waals surface area contributed by atoms with E-state index in [4.69, 9.17) is 4.74 Å². The summed E-state index contributed by atoms with van der Waals surface area (Å²) in [5.74, 6) is -0.151. The molecular weight excluding hydrogens is 370 g/mol. The Labute approximate surface area is 147 Å². The summed E-state index contributed by atoms with van der Waals surface area (Å²) in [5, 5.41) is 7.17. The number of hydrogen-bond acceptors (Lipinski definition) is 3. The lowest BCUT2D eigenvalue weighted by Crippen LogP contribution is -2.12. The zero-order chi connectivity index (χ0) is 16.5. The molecular formula is C18H14BrN3O2. The van der Waals surface area contributed by atoms with Crippen LogP contribution >= 0.6 is 15.9 Å². The predicted molar refractivity (Wildman–Crippen MR) is 94.2 cm³/mol. The molecule has 24 heavy (non-hydrogen) atoms. The fraction of sp³-hybridized carbons (Fsp3) is 0.111. The third-order valence-corrected chi connectivity index (χ3v) is 4.31. The van der Waals surface area contributed by atoms with Crippen molar-refractivity contribution in [1.82, 2.24) is 9.78 Å². The smallest absolute Gasteiger partial charge is 0.255 e. The van der Waals surface area contributed by atoms with Crippen LogP contribution < -0.4 is 5.32 Å². The highest BCUT2D eigenvalue weighted by molar-refractivity contribution is 9.10. The van der Waals surface area contributed by atoms with Gasteiger partial charge in [0.25, 0.3) is 5.91 Å². The van der Waals surface area contributed by atoms with Crippen LogP contribution in [0.5, 0.6) is 0 Å². The number of halogens is 1. The molecule has 1 N–H and O–H groups in total. The van der Waals surface area contributed by atoms with Gasteiger partial charge in [0.1, 0.15) is 0 Å². The molecule has 0 radical (unpaired) electrons. The Hall–Kier alpha value is -2.44. The van der Waals surface area contributed by atoms with Crippen molar-refractivity contribution in [2.45, 2.75) is 13.2 Å². The molecule has 4 rings (SSSR count). The SMILES string of the molecule is O=C(Nc1ccc2c(c1)COC2)c1cccc(-n2cc(Br)cn2)c1. The highest BCUT2D eigenvalue weighted by Crippen LogP contribution is 2.23. The lowest BCUT2D eigenvalue weighted by molar-refractivity contribution is 0.102. The van der Waals surface area contributed by atoms with Gasteiger partial charge in [0.2, 0.25) is 0 Å². The van der Waals surface area contributed by atoms with Gasteiger partial charge in [-0.25, -0.2) is 4.68 Å². The van der Waals surface area contributed by atoms with Crippen LogP contribution in [0.2, 0.25) is 0 Å². The number of rotatable bonds is 3. The molecule has 2 aromatic carbocycles. The predicted octanol–water partition coefficient (Wildman–Crippen LogP) is 3.92. The van der Waals surface area contributed by atoms with Crippen molar-refractivity contribution >= 4 is 27.5 Å². The first kappa shape index (κ1) is 15.1. The Morgan fingerprint density at radius 3 is 2.88 bits per heavy atom. The lowest BCUT2D eigenvalue weighted by Gasteiger charge is -2.08. The first-order valence-corrected chi connectivity index (χ1v) is 8.30. The fourth-order valence-electron chi connectivity index (χ4n) is 2.68. The molecule has 0 bridgehead atoms. The Kier molecular flexibility index (Phi) is 3.92. The summed E-state index contributed by atoms with van der Waals surface area (Å²) in [6, 6.07) is 13.2. The molecule has 0 unspecified atom stereocenters. The summed E-state index contributed by atoms with van der Waals surface area (Å²) in [7, 11) is 0. The summed E-state index contributed by atoms with van der Waals surface area (Å²) in [5.41, 5.74) is 4.49. The monoisotopic (exact) mass is 383 g/mol. The molecule has 6 heteroatoms. The Bertz CT molecular complexity index is 920. The fourth-order valence-corrected chi connectivity index (χ4v) is 2.97. The van der Waals surface area contributed by atoms with Crippen LogP contribution in [0.4, 0.5) is 5.69 Å². The summed E-state index contributed by atoms with van der Waals surface area (Å²) in [6.07, 6.45) is 3.55. The molecule has 0 saturated heterocycles. The maximum absolute atomic E-state index is 12.5. The number of hydrogen-bond donors (Lipinski definition) is 1. The normalized spacial score (nSPS) is 12.9. The number of fused-ring (bicyclic) bond motifs is 1. The van der Waals surface area contributed by atoms with E-state index in [0.717, 1.165) is 21.4 Å². The van der Waals surface area contributed by atoms with Crippen LogP contribution in [-0.2, 0) is 18.0 Å². The van der Waals surface area contributed by atoms with Gasteiger partial charge >= 0.3 is 0 Å². The topological polar surface area (TPSA) is 56.1 Å². The van der Waals surface area contributed by atoms with Crippen molar-refractivity contribution in [3.63, 3.8) is 0 Å². The second-order valence-corrected chi connectivity index (χ2v) is 6.50. The van der Waals surface area contributed by atoms with E-state index in [2.05, 4.69) is 26.3 Å². The lowest BCUT2D eigenvalue weighted by atomic mass is 10.1. The van der Waals surface area contributed by atoms with Crippen LogP contribution in [0.3, 0.4) is 0 Å². The van der Waals surface area contributed by atoms with E-state index in [0.29, 0.717) is 18.8 Å². The van der Waals surface area contributed by atoms with E-state index in [1.807, 2.05) is 42.6 Å². The second kappa shape index (κ2) is 6.22. The molecule has 120 valence electrons. The quantitative estimate of drug-likeness (QED) is 0.745. The van der Waals surface area contributed by atoms with Crippen molar-refractivity contribution in [2.75, 3.05) is 5.32 Å². The molecule has 3 aromatic rings. The second-order valence-electron chi connectivity index (χ2n) is 5.58. The molecule has 1 aliphatic rings. The number of nitrogens with zero attached hydrogens (tertiary/aromatic N) is 2. The number of carbonyl (C=O) groups is 1. The van der Waals surface area contributed by atoms with E-state index in [9.17, 15) is 4.79 Å². The number of amides is 1. The zero-order valence-electron chi connectivity index (χ0n) is 12.7. The van der Waals surface area contributed by atoms with Gasteiger partial charge in [-0.1, -0.05) is 12.1 Å².